The van der Waals surface area contributed by atoms with E-state index in [1.807, 2.05) is 0 Å². The zero-order chi connectivity index (χ0) is 12.4. The smallest absolute Gasteiger partial charge is 0.300 e. The Morgan fingerprint density at radius 2 is 1.94 bits per heavy atom. The minimum atomic E-state index is -0.833. The summed E-state index contributed by atoms with van der Waals surface area (Å²) < 4.78 is 0. The summed E-state index contributed by atoms with van der Waals surface area (Å²) in [6.07, 6.45) is 9.76. The SMILES string of the molecule is CC(=O)O.CCCCCCN1C=CN(C)C1. The van der Waals surface area contributed by atoms with Gasteiger partial charge in [0.2, 0.25) is 0 Å². The van der Waals surface area contributed by atoms with Crippen LogP contribution in [0.5, 0.6) is 0 Å². The van der Waals surface area contributed by atoms with Crippen LogP contribution >= 0.6 is 0 Å². The predicted molar refractivity (Wildman–Crippen MR) is 65.9 cm³/mol. The third-order valence-corrected chi connectivity index (χ3v) is 2.24. The van der Waals surface area contributed by atoms with Crippen LogP contribution in [0.1, 0.15) is 39.5 Å². The van der Waals surface area contributed by atoms with Gasteiger partial charge in [0.15, 0.2) is 0 Å². The highest BCUT2D eigenvalue weighted by Crippen LogP contribution is 2.06. The molecule has 0 aliphatic carbocycles. The Balaban J connectivity index is 0.000000487. The number of unbranched alkanes of at least 4 members (excludes halogenated alkanes) is 3. The summed E-state index contributed by atoms with van der Waals surface area (Å²) in [6, 6.07) is 0. The standard InChI is InChI=1S/C10H20N2.C2H4O2/c1-3-4-5-6-7-12-9-8-11(2)10-12;1-2(3)4/h8-9H,3-7,10H2,1-2H3;1H3,(H,3,4). The van der Waals surface area contributed by atoms with Crippen LogP contribution in [0.3, 0.4) is 0 Å². The molecule has 94 valence electrons. The predicted octanol–water partition coefficient (Wildman–Crippen LogP) is 2.33. The summed E-state index contributed by atoms with van der Waals surface area (Å²) in [5.74, 6) is -0.833. The average molecular weight is 228 g/mol. The number of carboxylic acid groups (broad SMARTS) is 1. The molecule has 16 heavy (non-hydrogen) atoms. The topological polar surface area (TPSA) is 43.8 Å². The molecule has 0 aromatic rings. The molecule has 0 atom stereocenters. The molecule has 0 bridgehead atoms. The van der Waals surface area contributed by atoms with E-state index in [9.17, 15) is 0 Å². The molecule has 0 saturated heterocycles. The van der Waals surface area contributed by atoms with Crippen LogP contribution in [0.15, 0.2) is 12.4 Å². The van der Waals surface area contributed by atoms with Crippen molar-refractivity contribution in [2.24, 2.45) is 0 Å². The van der Waals surface area contributed by atoms with Crippen molar-refractivity contribution in [1.29, 1.82) is 0 Å². The van der Waals surface area contributed by atoms with Crippen LogP contribution in [0.4, 0.5) is 0 Å². The molecule has 1 rings (SSSR count). The van der Waals surface area contributed by atoms with Crippen molar-refractivity contribution in [2.45, 2.75) is 39.5 Å². The molecular weight excluding hydrogens is 204 g/mol. The third-order valence-electron chi connectivity index (χ3n) is 2.24. The van der Waals surface area contributed by atoms with Crippen LogP contribution < -0.4 is 0 Å². The van der Waals surface area contributed by atoms with Gasteiger partial charge in [-0.05, 0) is 6.42 Å². The highest BCUT2D eigenvalue weighted by Gasteiger charge is 2.06. The molecule has 0 saturated carbocycles. The summed E-state index contributed by atoms with van der Waals surface area (Å²) in [5.41, 5.74) is 0. The minimum absolute atomic E-state index is 0.833. The fraction of sp³-hybridized carbons (Fsp3) is 0.750. The first-order chi connectivity index (χ1) is 7.56. The third kappa shape index (κ3) is 9.37. The van der Waals surface area contributed by atoms with Gasteiger partial charge in [-0.1, -0.05) is 26.2 Å². The lowest BCUT2D eigenvalue weighted by Crippen LogP contribution is -2.23. The molecule has 0 fully saturated rings. The lowest BCUT2D eigenvalue weighted by atomic mass is 10.2. The minimum Gasteiger partial charge on any atom is -0.481 e. The van der Waals surface area contributed by atoms with Gasteiger partial charge < -0.3 is 14.9 Å². The fourth-order valence-electron chi connectivity index (χ4n) is 1.48. The second-order valence-electron chi connectivity index (χ2n) is 4.09. The number of rotatable bonds is 5. The maximum absolute atomic E-state index is 9.00. The highest BCUT2D eigenvalue weighted by molar-refractivity contribution is 5.62. The fourth-order valence-corrected chi connectivity index (χ4v) is 1.48. The second kappa shape index (κ2) is 9.07. The van der Waals surface area contributed by atoms with E-state index in [2.05, 4.69) is 36.2 Å². The van der Waals surface area contributed by atoms with E-state index >= 15 is 0 Å². The largest absolute Gasteiger partial charge is 0.481 e. The van der Waals surface area contributed by atoms with Crippen molar-refractivity contribution in [1.82, 2.24) is 9.80 Å². The van der Waals surface area contributed by atoms with Crippen molar-refractivity contribution >= 4 is 5.97 Å². The number of hydrogen-bond donors (Lipinski definition) is 1. The molecule has 0 radical (unpaired) electrons. The molecule has 0 spiro atoms. The lowest BCUT2D eigenvalue weighted by molar-refractivity contribution is -0.134. The van der Waals surface area contributed by atoms with E-state index in [0.29, 0.717) is 0 Å². The average Bonchev–Trinajstić information content (AvgIpc) is 2.58. The van der Waals surface area contributed by atoms with Gasteiger partial charge in [0.05, 0.1) is 6.67 Å². The Morgan fingerprint density at radius 3 is 2.38 bits per heavy atom. The van der Waals surface area contributed by atoms with Gasteiger partial charge in [-0.2, -0.15) is 0 Å². The molecule has 4 heteroatoms. The summed E-state index contributed by atoms with van der Waals surface area (Å²) >= 11 is 0. The highest BCUT2D eigenvalue weighted by atomic mass is 16.4. The maximum Gasteiger partial charge on any atom is 0.300 e. The van der Waals surface area contributed by atoms with E-state index in [1.54, 1.807) is 0 Å². The van der Waals surface area contributed by atoms with E-state index in [1.165, 1.54) is 32.2 Å². The van der Waals surface area contributed by atoms with Crippen LogP contribution in [0.2, 0.25) is 0 Å². The number of nitrogens with zero attached hydrogens (tertiary/aromatic N) is 2. The van der Waals surface area contributed by atoms with Crippen LogP contribution in [-0.4, -0.2) is 41.1 Å². The number of carboxylic acids is 1. The maximum atomic E-state index is 9.00. The van der Waals surface area contributed by atoms with Crippen molar-refractivity contribution in [2.75, 3.05) is 20.3 Å². The van der Waals surface area contributed by atoms with E-state index in [4.69, 9.17) is 9.90 Å². The molecule has 1 heterocycles. The lowest BCUT2D eigenvalue weighted by Gasteiger charge is -2.17. The van der Waals surface area contributed by atoms with Gasteiger partial charge in [-0.15, -0.1) is 0 Å². The molecular formula is C12H24N2O2. The zero-order valence-electron chi connectivity index (χ0n) is 10.6. The van der Waals surface area contributed by atoms with E-state index < -0.39 is 5.97 Å². The molecule has 0 aromatic heterocycles. The summed E-state index contributed by atoms with van der Waals surface area (Å²) in [5, 5.41) is 7.42. The van der Waals surface area contributed by atoms with Crippen molar-refractivity contribution in [3.63, 3.8) is 0 Å². The van der Waals surface area contributed by atoms with Gasteiger partial charge >= 0.3 is 0 Å². The van der Waals surface area contributed by atoms with Gasteiger partial charge in [0.25, 0.3) is 5.97 Å². The van der Waals surface area contributed by atoms with Gasteiger partial charge in [-0.3, -0.25) is 4.79 Å². The Hall–Kier alpha value is -1.19. The Morgan fingerprint density at radius 1 is 1.31 bits per heavy atom. The molecule has 0 amide bonds. The Bertz CT molecular complexity index is 213. The first-order valence-electron chi connectivity index (χ1n) is 5.88. The first-order valence-corrected chi connectivity index (χ1v) is 5.88. The summed E-state index contributed by atoms with van der Waals surface area (Å²) in [7, 11) is 2.11. The van der Waals surface area contributed by atoms with Crippen molar-refractivity contribution in [3.05, 3.63) is 12.4 Å². The summed E-state index contributed by atoms with van der Waals surface area (Å²) in [6.45, 7) is 5.64. The Kier molecular flexibility index (Phi) is 8.39. The van der Waals surface area contributed by atoms with E-state index in [-0.39, 0.29) is 0 Å². The summed E-state index contributed by atoms with van der Waals surface area (Å²) in [4.78, 5) is 13.6. The van der Waals surface area contributed by atoms with Crippen LogP contribution in [0, 0.1) is 0 Å². The number of hydrogen-bond acceptors (Lipinski definition) is 3. The van der Waals surface area contributed by atoms with Gasteiger partial charge in [0, 0.05) is 32.9 Å². The molecule has 4 nitrogen and oxygen atoms in total. The van der Waals surface area contributed by atoms with Crippen LogP contribution in [0.25, 0.3) is 0 Å². The quantitative estimate of drug-likeness (QED) is 0.733. The second-order valence-corrected chi connectivity index (χ2v) is 4.09. The van der Waals surface area contributed by atoms with Crippen molar-refractivity contribution < 1.29 is 9.90 Å². The first kappa shape index (κ1) is 14.8. The van der Waals surface area contributed by atoms with Crippen molar-refractivity contribution in [3.8, 4) is 0 Å². The van der Waals surface area contributed by atoms with Crippen LogP contribution in [-0.2, 0) is 4.79 Å². The molecule has 0 aromatic carbocycles. The molecule has 1 aliphatic heterocycles. The number of carbonyl (C=O) groups is 1. The monoisotopic (exact) mass is 228 g/mol. The normalized spacial score (nSPS) is 13.7. The zero-order valence-corrected chi connectivity index (χ0v) is 10.6. The van der Waals surface area contributed by atoms with E-state index in [0.717, 1.165) is 13.6 Å². The Labute approximate surface area is 98.5 Å². The molecule has 1 N–H and O–H groups in total. The molecule has 0 unspecified atom stereocenters. The number of aliphatic carboxylic acids is 1. The van der Waals surface area contributed by atoms with Gasteiger partial charge in [-0.25, -0.2) is 0 Å². The van der Waals surface area contributed by atoms with Gasteiger partial charge in [0.1, 0.15) is 0 Å². The molecule has 1 aliphatic rings.